The Labute approximate surface area is 184 Å². The van der Waals surface area contributed by atoms with Crippen LogP contribution < -0.4 is 5.32 Å². The van der Waals surface area contributed by atoms with Gasteiger partial charge in [0.2, 0.25) is 5.91 Å². The van der Waals surface area contributed by atoms with Crippen molar-refractivity contribution in [3.63, 3.8) is 0 Å². The van der Waals surface area contributed by atoms with Crippen LogP contribution in [0.2, 0.25) is 0 Å². The third-order valence-corrected chi connectivity index (χ3v) is 5.86. The lowest BCUT2D eigenvalue weighted by molar-refractivity contribution is -0.121. The molecule has 1 saturated heterocycles. The van der Waals surface area contributed by atoms with E-state index in [0.29, 0.717) is 26.2 Å². The Bertz CT molecular complexity index is 910. The van der Waals surface area contributed by atoms with Crippen molar-refractivity contribution in [1.29, 1.82) is 0 Å². The molecule has 3 aromatic rings. The summed E-state index contributed by atoms with van der Waals surface area (Å²) in [5.74, 6) is 1.84. The van der Waals surface area contributed by atoms with Crippen LogP contribution in [0.25, 0.3) is 0 Å². The number of ether oxygens (including phenoxy) is 1. The molecule has 1 fully saturated rings. The molecule has 0 spiro atoms. The summed E-state index contributed by atoms with van der Waals surface area (Å²) in [6.07, 6.45) is 0.404. The molecule has 1 aliphatic rings. The van der Waals surface area contributed by atoms with Gasteiger partial charge in [0, 0.05) is 32.0 Å². The third-order valence-electron chi connectivity index (χ3n) is 5.86. The molecule has 1 amide bonds. The highest BCUT2D eigenvalue weighted by atomic mass is 16.5. The zero-order valence-corrected chi connectivity index (χ0v) is 18.0. The number of amides is 1. The van der Waals surface area contributed by atoms with Crippen molar-refractivity contribution < 1.29 is 13.9 Å². The van der Waals surface area contributed by atoms with Crippen LogP contribution in [-0.2, 0) is 9.53 Å². The normalized spacial score (nSPS) is 15.7. The van der Waals surface area contributed by atoms with E-state index >= 15 is 0 Å². The number of nitrogens with one attached hydrogen (secondary N) is 1. The molecule has 5 nitrogen and oxygen atoms in total. The van der Waals surface area contributed by atoms with Crippen LogP contribution in [0.4, 0.5) is 0 Å². The molecular formula is C26H30N2O3. The molecular weight excluding hydrogens is 388 g/mol. The van der Waals surface area contributed by atoms with Gasteiger partial charge >= 0.3 is 0 Å². The van der Waals surface area contributed by atoms with Gasteiger partial charge in [-0.15, -0.1) is 0 Å². The predicted octanol–water partition coefficient (Wildman–Crippen LogP) is 4.30. The highest BCUT2D eigenvalue weighted by Gasteiger charge is 2.26. The van der Waals surface area contributed by atoms with Gasteiger partial charge in [-0.1, -0.05) is 60.7 Å². The van der Waals surface area contributed by atoms with Gasteiger partial charge in [0.05, 0.1) is 19.3 Å². The predicted molar refractivity (Wildman–Crippen MR) is 121 cm³/mol. The Morgan fingerprint density at radius 2 is 1.55 bits per heavy atom. The molecule has 0 radical (unpaired) electrons. The molecule has 1 aliphatic heterocycles. The number of nitrogens with zero attached hydrogens (tertiary/aromatic N) is 1. The fourth-order valence-corrected chi connectivity index (χ4v) is 4.20. The van der Waals surface area contributed by atoms with Crippen molar-refractivity contribution in [3.05, 3.63) is 95.4 Å². The number of rotatable bonds is 8. The monoisotopic (exact) mass is 418 g/mol. The quantitative estimate of drug-likeness (QED) is 0.593. The Kier molecular flexibility index (Phi) is 7.18. The van der Waals surface area contributed by atoms with Gasteiger partial charge < -0.3 is 14.5 Å². The number of aryl methyl sites for hydroxylation is 1. The molecule has 0 aliphatic carbocycles. The highest BCUT2D eigenvalue weighted by Crippen LogP contribution is 2.28. The third kappa shape index (κ3) is 5.63. The van der Waals surface area contributed by atoms with Crippen LogP contribution in [-0.4, -0.2) is 43.7 Å². The maximum Gasteiger partial charge on any atom is 0.221 e. The van der Waals surface area contributed by atoms with Crippen molar-refractivity contribution in [2.75, 3.05) is 32.8 Å². The molecule has 31 heavy (non-hydrogen) atoms. The van der Waals surface area contributed by atoms with Gasteiger partial charge in [0.15, 0.2) is 0 Å². The van der Waals surface area contributed by atoms with E-state index in [0.717, 1.165) is 35.7 Å². The second kappa shape index (κ2) is 10.4. The summed E-state index contributed by atoms with van der Waals surface area (Å²) >= 11 is 0. The average Bonchev–Trinajstić information content (AvgIpc) is 3.25. The summed E-state index contributed by atoms with van der Waals surface area (Å²) < 4.78 is 11.4. The summed E-state index contributed by atoms with van der Waals surface area (Å²) in [6.45, 7) is 5.53. The average molecular weight is 419 g/mol. The van der Waals surface area contributed by atoms with E-state index in [2.05, 4.69) is 34.5 Å². The molecule has 1 N–H and O–H groups in total. The van der Waals surface area contributed by atoms with Crippen LogP contribution in [0.15, 0.2) is 77.2 Å². The van der Waals surface area contributed by atoms with Gasteiger partial charge in [-0.3, -0.25) is 9.69 Å². The summed E-state index contributed by atoms with van der Waals surface area (Å²) in [4.78, 5) is 15.4. The number of benzene rings is 2. The number of carbonyl (C=O) groups is 1. The Morgan fingerprint density at radius 3 is 2.10 bits per heavy atom. The largest absolute Gasteiger partial charge is 0.465 e. The molecule has 1 atom stereocenters. The maximum absolute atomic E-state index is 13.0. The second-order valence-electron chi connectivity index (χ2n) is 7.99. The van der Waals surface area contributed by atoms with Crippen LogP contribution in [0, 0.1) is 6.92 Å². The number of morpholine rings is 1. The number of furan rings is 1. The zero-order valence-electron chi connectivity index (χ0n) is 18.0. The Balaban J connectivity index is 1.46. The van der Waals surface area contributed by atoms with Gasteiger partial charge in [0.25, 0.3) is 0 Å². The lowest BCUT2D eigenvalue weighted by Crippen LogP contribution is -2.43. The number of hydrogen-bond acceptors (Lipinski definition) is 4. The summed E-state index contributed by atoms with van der Waals surface area (Å²) in [5, 5.41) is 3.18. The molecule has 2 heterocycles. The minimum Gasteiger partial charge on any atom is -0.465 e. The fourth-order valence-electron chi connectivity index (χ4n) is 4.20. The van der Waals surface area contributed by atoms with Crippen LogP contribution in [0.5, 0.6) is 0 Å². The lowest BCUT2D eigenvalue weighted by Gasteiger charge is -2.33. The first-order valence-electron chi connectivity index (χ1n) is 11.0. The van der Waals surface area contributed by atoms with E-state index in [4.69, 9.17) is 9.15 Å². The summed E-state index contributed by atoms with van der Waals surface area (Å²) in [5.41, 5.74) is 2.30. The standard InChI is InChI=1S/C26H30N2O3/c1-20-12-13-25(31-20)24(28-14-16-30-17-15-28)19-27-26(29)18-23(21-8-4-2-5-9-21)22-10-6-3-7-11-22/h2-13,23-24H,14-19H2,1H3,(H,27,29). The molecule has 1 unspecified atom stereocenters. The minimum absolute atomic E-state index is 0.00782. The van der Waals surface area contributed by atoms with E-state index in [-0.39, 0.29) is 17.9 Å². The van der Waals surface area contributed by atoms with Gasteiger partial charge in [0.1, 0.15) is 11.5 Å². The molecule has 1 aromatic heterocycles. The Hall–Kier alpha value is -2.89. The number of hydrogen-bond donors (Lipinski definition) is 1. The lowest BCUT2D eigenvalue weighted by atomic mass is 9.88. The van der Waals surface area contributed by atoms with Crippen molar-refractivity contribution in [3.8, 4) is 0 Å². The molecule has 0 bridgehead atoms. The fraction of sp³-hybridized carbons (Fsp3) is 0.346. The first-order chi connectivity index (χ1) is 15.2. The SMILES string of the molecule is Cc1ccc(C(CNC(=O)CC(c2ccccc2)c2ccccc2)N2CCOCC2)o1. The molecule has 2 aromatic carbocycles. The van der Waals surface area contributed by atoms with Crippen LogP contribution >= 0.6 is 0 Å². The van der Waals surface area contributed by atoms with Crippen molar-refractivity contribution in [2.45, 2.75) is 25.3 Å². The van der Waals surface area contributed by atoms with Crippen LogP contribution in [0.1, 0.15) is 41.0 Å². The van der Waals surface area contributed by atoms with E-state index in [1.165, 1.54) is 0 Å². The second-order valence-corrected chi connectivity index (χ2v) is 7.99. The van der Waals surface area contributed by atoms with Crippen molar-refractivity contribution >= 4 is 5.91 Å². The Morgan fingerprint density at radius 1 is 0.935 bits per heavy atom. The molecule has 4 rings (SSSR count). The maximum atomic E-state index is 13.0. The first kappa shape index (κ1) is 21.3. The van der Waals surface area contributed by atoms with Crippen LogP contribution in [0.3, 0.4) is 0 Å². The van der Waals surface area contributed by atoms with Crippen molar-refractivity contribution in [2.24, 2.45) is 0 Å². The van der Waals surface area contributed by atoms with Gasteiger partial charge in [-0.25, -0.2) is 0 Å². The van der Waals surface area contributed by atoms with E-state index in [1.54, 1.807) is 0 Å². The molecule has 5 heteroatoms. The molecule has 0 saturated carbocycles. The highest BCUT2D eigenvalue weighted by molar-refractivity contribution is 5.77. The summed E-state index contributed by atoms with van der Waals surface area (Å²) in [7, 11) is 0. The zero-order chi connectivity index (χ0) is 21.5. The van der Waals surface area contributed by atoms with Gasteiger partial charge in [-0.05, 0) is 30.2 Å². The topological polar surface area (TPSA) is 54.7 Å². The smallest absolute Gasteiger partial charge is 0.221 e. The van der Waals surface area contributed by atoms with E-state index in [1.807, 2.05) is 55.5 Å². The van der Waals surface area contributed by atoms with Gasteiger partial charge in [-0.2, -0.15) is 0 Å². The summed E-state index contributed by atoms with van der Waals surface area (Å²) in [6, 6.07) is 24.5. The first-order valence-corrected chi connectivity index (χ1v) is 11.0. The van der Waals surface area contributed by atoms with Crippen molar-refractivity contribution in [1.82, 2.24) is 10.2 Å². The molecule has 162 valence electrons. The van der Waals surface area contributed by atoms with E-state index < -0.39 is 0 Å². The minimum atomic E-state index is 0.00782. The number of carbonyl (C=O) groups excluding carboxylic acids is 1. The van der Waals surface area contributed by atoms with E-state index in [9.17, 15) is 4.79 Å².